The van der Waals surface area contributed by atoms with E-state index in [1.165, 1.54) is 6.92 Å². The highest BCUT2D eigenvalue weighted by Gasteiger charge is 2.18. The molecule has 0 unspecified atom stereocenters. The minimum atomic E-state index is -0.107. The van der Waals surface area contributed by atoms with Gasteiger partial charge in [-0.1, -0.05) is 65.3 Å². The summed E-state index contributed by atoms with van der Waals surface area (Å²) >= 11 is 6.21. The maximum absolute atomic E-state index is 11.8. The van der Waals surface area contributed by atoms with Crippen LogP contribution in [0.3, 0.4) is 0 Å². The van der Waals surface area contributed by atoms with Crippen LogP contribution in [0.4, 0.5) is 0 Å². The summed E-state index contributed by atoms with van der Waals surface area (Å²) in [7, 11) is 0. The van der Waals surface area contributed by atoms with Crippen molar-refractivity contribution in [3.8, 4) is 11.3 Å². The van der Waals surface area contributed by atoms with E-state index in [0.717, 1.165) is 11.1 Å². The fraction of sp³-hybridized carbons (Fsp3) is 0.118. The predicted molar refractivity (Wildman–Crippen MR) is 86.0 cm³/mol. The SMILES string of the molecule is CC(=O)c1nnn(Cc2ccccc2Cl)c1-c1ccccc1. The molecule has 3 aromatic rings. The Kier molecular flexibility index (Phi) is 4.02. The zero-order valence-electron chi connectivity index (χ0n) is 12.0. The van der Waals surface area contributed by atoms with Crippen molar-refractivity contribution in [3.63, 3.8) is 0 Å². The molecule has 0 saturated carbocycles. The summed E-state index contributed by atoms with van der Waals surface area (Å²) in [6.45, 7) is 1.96. The fourth-order valence-electron chi connectivity index (χ4n) is 2.33. The van der Waals surface area contributed by atoms with Crippen LogP contribution in [0, 0.1) is 0 Å². The molecular weight excluding hydrogens is 298 g/mol. The fourth-order valence-corrected chi connectivity index (χ4v) is 2.53. The first-order valence-electron chi connectivity index (χ1n) is 6.90. The molecular formula is C17H14ClN3O. The smallest absolute Gasteiger partial charge is 0.182 e. The van der Waals surface area contributed by atoms with Gasteiger partial charge >= 0.3 is 0 Å². The van der Waals surface area contributed by atoms with Crippen LogP contribution in [0.25, 0.3) is 11.3 Å². The first-order chi connectivity index (χ1) is 10.7. The molecule has 1 heterocycles. The number of hydrogen-bond donors (Lipinski definition) is 0. The number of nitrogens with zero attached hydrogens (tertiary/aromatic N) is 3. The highest BCUT2D eigenvalue weighted by molar-refractivity contribution is 6.31. The van der Waals surface area contributed by atoms with Gasteiger partial charge in [0.05, 0.1) is 12.2 Å². The van der Waals surface area contributed by atoms with Gasteiger partial charge in [-0.2, -0.15) is 0 Å². The van der Waals surface area contributed by atoms with Gasteiger partial charge in [-0.25, -0.2) is 4.68 Å². The summed E-state index contributed by atoms with van der Waals surface area (Å²) in [4.78, 5) is 11.8. The van der Waals surface area contributed by atoms with E-state index in [4.69, 9.17) is 11.6 Å². The molecule has 0 saturated heterocycles. The number of Topliss-reactive ketones (excluding diaryl/α,β-unsaturated/α-hetero) is 1. The minimum absolute atomic E-state index is 0.107. The summed E-state index contributed by atoms with van der Waals surface area (Å²) in [6.07, 6.45) is 0. The monoisotopic (exact) mass is 311 g/mol. The second-order valence-corrected chi connectivity index (χ2v) is 5.37. The van der Waals surface area contributed by atoms with Crippen LogP contribution < -0.4 is 0 Å². The van der Waals surface area contributed by atoms with Crippen molar-refractivity contribution >= 4 is 17.4 Å². The van der Waals surface area contributed by atoms with Crippen LogP contribution in [-0.2, 0) is 6.54 Å². The van der Waals surface area contributed by atoms with Crippen molar-refractivity contribution in [2.45, 2.75) is 13.5 Å². The normalized spacial score (nSPS) is 10.6. The molecule has 110 valence electrons. The number of halogens is 1. The standard InChI is InChI=1S/C17H14ClN3O/c1-12(22)16-17(13-7-3-2-4-8-13)21(20-19-16)11-14-9-5-6-10-15(14)18/h2-10H,11H2,1H3. The third-order valence-electron chi connectivity index (χ3n) is 3.39. The summed E-state index contributed by atoms with van der Waals surface area (Å²) in [5, 5.41) is 8.84. The largest absolute Gasteiger partial charge is 0.293 e. The molecule has 0 aliphatic heterocycles. The predicted octanol–water partition coefficient (Wildman–Crippen LogP) is 3.85. The molecule has 3 rings (SSSR count). The number of benzene rings is 2. The van der Waals surface area contributed by atoms with Crippen molar-refractivity contribution in [3.05, 3.63) is 70.9 Å². The van der Waals surface area contributed by atoms with E-state index < -0.39 is 0 Å². The van der Waals surface area contributed by atoms with Gasteiger partial charge in [-0.3, -0.25) is 4.79 Å². The zero-order chi connectivity index (χ0) is 15.5. The van der Waals surface area contributed by atoms with Gasteiger partial charge in [0, 0.05) is 17.5 Å². The molecule has 0 amide bonds. The Labute approximate surface area is 133 Å². The zero-order valence-corrected chi connectivity index (χ0v) is 12.8. The van der Waals surface area contributed by atoms with E-state index in [1.54, 1.807) is 4.68 Å². The Balaban J connectivity index is 2.09. The molecule has 0 spiro atoms. The third-order valence-corrected chi connectivity index (χ3v) is 3.76. The lowest BCUT2D eigenvalue weighted by atomic mass is 10.1. The highest BCUT2D eigenvalue weighted by atomic mass is 35.5. The first-order valence-corrected chi connectivity index (χ1v) is 7.28. The number of rotatable bonds is 4. The van der Waals surface area contributed by atoms with E-state index in [1.807, 2.05) is 54.6 Å². The molecule has 0 bridgehead atoms. The van der Waals surface area contributed by atoms with Crippen molar-refractivity contribution in [1.29, 1.82) is 0 Å². The maximum Gasteiger partial charge on any atom is 0.182 e. The van der Waals surface area contributed by atoms with Crippen molar-refractivity contribution in [2.75, 3.05) is 0 Å². The van der Waals surface area contributed by atoms with Crippen molar-refractivity contribution < 1.29 is 4.79 Å². The topological polar surface area (TPSA) is 47.8 Å². The minimum Gasteiger partial charge on any atom is -0.293 e. The van der Waals surface area contributed by atoms with E-state index in [2.05, 4.69) is 10.3 Å². The average Bonchev–Trinajstić information content (AvgIpc) is 2.94. The lowest BCUT2D eigenvalue weighted by Crippen LogP contribution is -2.06. The number of hydrogen-bond acceptors (Lipinski definition) is 3. The van der Waals surface area contributed by atoms with Crippen LogP contribution in [0.15, 0.2) is 54.6 Å². The van der Waals surface area contributed by atoms with Gasteiger partial charge in [-0.05, 0) is 11.6 Å². The summed E-state index contributed by atoms with van der Waals surface area (Å²) in [6, 6.07) is 17.2. The second kappa shape index (κ2) is 6.12. The summed E-state index contributed by atoms with van der Waals surface area (Å²) in [5.41, 5.74) is 2.93. The highest BCUT2D eigenvalue weighted by Crippen LogP contribution is 2.24. The molecule has 0 aliphatic carbocycles. The second-order valence-electron chi connectivity index (χ2n) is 4.96. The Bertz CT molecular complexity index is 812. The Hall–Kier alpha value is -2.46. The van der Waals surface area contributed by atoms with Crippen LogP contribution in [-0.4, -0.2) is 20.8 Å². The van der Waals surface area contributed by atoms with Gasteiger partial charge in [0.15, 0.2) is 11.5 Å². The van der Waals surface area contributed by atoms with Crippen LogP contribution >= 0.6 is 11.6 Å². The quantitative estimate of drug-likeness (QED) is 0.688. The van der Waals surface area contributed by atoms with E-state index in [9.17, 15) is 4.79 Å². The molecule has 22 heavy (non-hydrogen) atoms. The lowest BCUT2D eigenvalue weighted by molar-refractivity contribution is 0.101. The number of ketones is 1. The van der Waals surface area contributed by atoms with Crippen LogP contribution in [0.1, 0.15) is 23.0 Å². The lowest BCUT2D eigenvalue weighted by Gasteiger charge is -2.09. The first kappa shape index (κ1) is 14.5. The van der Waals surface area contributed by atoms with E-state index >= 15 is 0 Å². The molecule has 1 aromatic heterocycles. The van der Waals surface area contributed by atoms with Crippen LogP contribution in [0.5, 0.6) is 0 Å². The molecule has 4 nitrogen and oxygen atoms in total. The summed E-state index contributed by atoms with van der Waals surface area (Å²) in [5.74, 6) is -0.107. The molecule has 0 aliphatic rings. The number of carbonyl (C=O) groups excluding carboxylic acids is 1. The van der Waals surface area contributed by atoms with Gasteiger partial charge in [-0.15, -0.1) is 5.10 Å². The van der Waals surface area contributed by atoms with E-state index in [-0.39, 0.29) is 5.78 Å². The van der Waals surface area contributed by atoms with Gasteiger partial charge in [0.1, 0.15) is 0 Å². The molecule has 5 heteroatoms. The van der Waals surface area contributed by atoms with Gasteiger partial charge in [0.25, 0.3) is 0 Å². The van der Waals surface area contributed by atoms with E-state index in [0.29, 0.717) is 23.0 Å². The molecule has 0 radical (unpaired) electrons. The molecule has 0 atom stereocenters. The van der Waals surface area contributed by atoms with Gasteiger partial charge < -0.3 is 0 Å². The van der Waals surface area contributed by atoms with Crippen molar-refractivity contribution in [2.24, 2.45) is 0 Å². The average molecular weight is 312 g/mol. The molecule has 2 aromatic carbocycles. The number of carbonyl (C=O) groups is 1. The Morgan fingerprint density at radius 2 is 1.77 bits per heavy atom. The summed E-state index contributed by atoms with van der Waals surface area (Å²) < 4.78 is 1.72. The Morgan fingerprint density at radius 1 is 1.09 bits per heavy atom. The van der Waals surface area contributed by atoms with Crippen LogP contribution in [0.2, 0.25) is 5.02 Å². The third kappa shape index (κ3) is 2.78. The van der Waals surface area contributed by atoms with Crippen molar-refractivity contribution in [1.82, 2.24) is 15.0 Å². The molecule has 0 fully saturated rings. The maximum atomic E-state index is 11.8. The molecule has 0 N–H and O–H groups in total. The Morgan fingerprint density at radius 3 is 2.45 bits per heavy atom. The van der Waals surface area contributed by atoms with Gasteiger partial charge in [0.2, 0.25) is 0 Å². The number of aromatic nitrogens is 3.